The smallest absolute Gasteiger partial charge is 0.216 e. The summed E-state index contributed by atoms with van der Waals surface area (Å²) in [6.07, 6.45) is 2.05. The van der Waals surface area contributed by atoms with Gasteiger partial charge in [0, 0.05) is 22.9 Å². The van der Waals surface area contributed by atoms with Gasteiger partial charge in [-0.1, -0.05) is 29.8 Å². The molecule has 3 aromatic carbocycles. The molecule has 0 spiro atoms. The van der Waals surface area contributed by atoms with E-state index in [0.29, 0.717) is 5.56 Å². The highest BCUT2D eigenvalue weighted by molar-refractivity contribution is 6.16. The van der Waals surface area contributed by atoms with Crippen LogP contribution in [0, 0.1) is 25.2 Å². The van der Waals surface area contributed by atoms with Crippen LogP contribution in [0.15, 0.2) is 77.3 Å². The average Bonchev–Trinajstić information content (AvgIpc) is 3.13. The lowest BCUT2D eigenvalue weighted by atomic mass is 9.92. The maximum Gasteiger partial charge on any atom is 0.216 e. The first-order valence-electron chi connectivity index (χ1n) is 9.99. The van der Waals surface area contributed by atoms with Gasteiger partial charge in [-0.3, -0.25) is 0 Å². The predicted molar refractivity (Wildman–Crippen MR) is 120 cm³/mol. The van der Waals surface area contributed by atoms with E-state index in [1.165, 1.54) is 5.56 Å². The fourth-order valence-electron chi connectivity index (χ4n) is 4.21. The molecule has 0 aliphatic carbocycles. The normalized spacial score (nSPS) is 11.1. The summed E-state index contributed by atoms with van der Waals surface area (Å²) in [7, 11) is 2.05. The number of hydrogen-bond donors (Lipinski definition) is 0. The van der Waals surface area contributed by atoms with E-state index < -0.39 is 0 Å². The summed E-state index contributed by atoms with van der Waals surface area (Å²) in [4.78, 5) is 0. The lowest BCUT2D eigenvalue weighted by Gasteiger charge is -2.11. The van der Waals surface area contributed by atoms with Gasteiger partial charge in [-0.25, -0.2) is 4.57 Å². The van der Waals surface area contributed by atoms with Gasteiger partial charge in [0.2, 0.25) is 5.69 Å². The van der Waals surface area contributed by atoms with Gasteiger partial charge in [0.05, 0.1) is 17.2 Å². The van der Waals surface area contributed by atoms with E-state index in [1.807, 2.05) is 43.6 Å². The van der Waals surface area contributed by atoms with E-state index >= 15 is 0 Å². The maximum absolute atomic E-state index is 9.45. The summed E-state index contributed by atoms with van der Waals surface area (Å²) in [5, 5.41) is 11.5. The third kappa shape index (κ3) is 2.77. The lowest BCUT2D eigenvalue weighted by Crippen LogP contribution is -2.30. The van der Waals surface area contributed by atoms with Gasteiger partial charge in [0.15, 0.2) is 6.20 Å². The molecule has 0 fully saturated rings. The fraction of sp³-hybridized carbons (Fsp3) is 0.111. The molecule has 2 heterocycles. The Morgan fingerprint density at radius 3 is 2.47 bits per heavy atom. The van der Waals surface area contributed by atoms with Crippen molar-refractivity contribution in [1.29, 1.82) is 5.26 Å². The second-order valence-electron chi connectivity index (χ2n) is 7.81. The number of benzene rings is 3. The lowest BCUT2D eigenvalue weighted by molar-refractivity contribution is -0.660. The van der Waals surface area contributed by atoms with E-state index in [4.69, 9.17) is 4.42 Å². The number of fused-ring (bicyclic) bond motifs is 3. The van der Waals surface area contributed by atoms with Crippen LogP contribution in [0.1, 0.15) is 16.7 Å². The van der Waals surface area contributed by atoms with Gasteiger partial charge in [-0.15, -0.1) is 0 Å². The molecule has 0 N–H and O–H groups in total. The van der Waals surface area contributed by atoms with E-state index in [-0.39, 0.29) is 0 Å². The molecule has 30 heavy (non-hydrogen) atoms. The van der Waals surface area contributed by atoms with Crippen molar-refractivity contribution >= 4 is 21.9 Å². The van der Waals surface area contributed by atoms with Crippen molar-refractivity contribution in [3.8, 4) is 28.5 Å². The van der Waals surface area contributed by atoms with Crippen LogP contribution in [0.3, 0.4) is 0 Å². The number of rotatable bonds is 2. The molecule has 0 aliphatic heterocycles. The first-order chi connectivity index (χ1) is 14.6. The highest BCUT2D eigenvalue weighted by Gasteiger charge is 2.23. The van der Waals surface area contributed by atoms with Crippen LogP contribution < -0.4 is 4.57 Å². The summed E-state index contributed by atoms with van der Waals surface area (Å²) in [6.45, 7) is 4.23. The summed E-state index contributed by atoms with van der Waals surface area (Å²) >= 11 is 0. The number of aryl methyl sites for hydroxylation is 3. The van der Waals surface area contributed by atoms with Crippen LogP contribution in [0.4, 0.5) is 0 Å². The SMILES string of the molecule is Cc1ccc(-c2cc(C)c(-c3cccc[n+]3C)c3oc4ccc(C#N)cc4c23)cc1. The van der Waals surface area contributed by atoms with Crippen LogP contribution in [0.2, 0.25) is 0 Å². The van der Waals surface area contributed by atoms with Crippen molar-refractivity contribution in [1.82, 2.24) is 0 Å². The van der Waals surface area contributed by atoms with Crippen molar-refractivity contribution < 1.29 is 8.98 Å². The number of furan rings is 1. The van der Waals surface area contributed by atoms with E-state index in [2.05, 4.69) is 60.9 Å². The van der Waals surface area contributed by atoms with Crippen LogP contribution in [-0.4, -0.2) is 0 Å². The van der Waals surface area contributed by atoms with Crippen LogP contribution >= 0.6 is 0 Å². The summed E-state index contributed by atoms with van der Waals surface area (Å²) in [6, 6.07) is 24.9. The molecule has 0 radical (unpaired) electrons. The highest BCUT2D eigenvalue weighted by atomic mass is 16.3. The Morgan fingerprint density at radius 1 is 0.933 bits per heavy atom. The molecule has 0 unspecified atom stereocenters. The summed E-state index contributed by atoms with van der Waals surface area (Å²) in [5.41, 5.74) is 9.10. The fourth-order valence-corrected chi connectivity index (χ4v) is 4.21. The second-order valence-corrected chi connectivity index (χ2v) is 7.81. The third-order valence-corrected chi connectivity index (χ3v) is 5.74. The topological polar surface area (TPSA) is 40.8 Å². The molecule has 144 valence electrons. The third-order valence-electron chi connectivity index (χ3n) is 5.74. The largest absolute Gasteiger partial charge is 0.455 e. The Morgan fingerprint density at radius 2 is 1.73 bits per heavy atom. The summed E-state index contributed by atoms with van der Waals surface area (Å²) < 4.78 is 8.55. The van der Waals surface area contributed by atoms with Crippen molar-refractivity contribution in [3.05, 3.63) is 89.6 Å². The van der Waals surface area contributed by atoms with Gasteiger partial charge < -0.3 is 4.42 Å². The highest BCUT2D eigenvalue weighted by Crippen LogP contribution is 2.43. The molecule has 3 nitrogen and oxygen atoms in total. The Hall–Kier alpha value is -3.90. The van der Waals surface area contributed by atoms with Crippen LogP contribution in [-0.2, 0) is 7.05 Å². The zero-order valence-electron chi connectivity index (χ0n) is 17.2. The van der Waals surface area contributed by atoms with Gasteiger partial charge >= 0.3 is 0 Å². The molecule has 0 bridgehead atoms. The molecule has 3 heteroatoms. The first-order valence-corrected chi connectivity index (χ1v) is 9.99. The molecule has 0 amide bonds. The van der Waals surface area contributed by atoms with Crippen molar-refractivity contribution in [3.63, 3.8) is 0 Å². The van der Waals surface area contributed by atoms with E-state index in [1.54, 1.807) is 0 Å². The Kier molecular flexibility index (Phi) is 4.15. The Balaban J connectivity index is 1.96. The second kappa shape index (κ2) is 6.86. The van der Waals surface area contributed by atoms with E-state index in [0.717, 1.165) is 49.9 Å². The number of aromatic nitrogens is 1. The molecule has 2 aromatic heterocycles. The van der Waals surface area contributed by atoms with Crippen LogP contribution in [0.25, 0.3) is 44.3 Å². The molecular formula is C27H21N2O+. The maximum atomic E-state index is 9.45. The average molecular weight is 389 g/mol. The number of nitriles is 1. The minimum Gasteiger partial charge on any atom is -0.455 e. The van der Waals surface area contributed by atoms with E-state index in [9.17, 15) is 5.26 Å². The standard InChI is InChI=1S/C27H21N2O/c1-17-7-10-20(11-8-17)21-14-18(2)25(23-6-4-5-13-29(23)3)27-26(21)22-15-19(16-28)9-12-24(22)30-27/h4-15H,1-3H3/q+1. The molecule has 0 atom stereocenters. The number of hydrogen-bond acceptors (Lipinski definition) is 2. The van der Waals surface area contributed by atoms with Crippen molar-refractivity contribution in [2.45, 2.75) is 13.8 Å². The molecule has 5 aromatic rings. The molecule has 0 saturated heterocycles. The minimum absolute atomic E-state index is 0.632. The quantitative estimate of drug-likeness (QED) is 0.336. The van der Waals surface area contributed by atoms with Crippen LogP contribution in [0.5, 0.6) is 0 Å². The Bertz CT molecular complexity index is 1470. The number of pyridine rings is 1. The zero-order valence-corrected chi connectivity index (χ0v) is 17.2. The molecule has 0 saturated carbocycles. The van der Waals surface area contributed by atoms with Gasteiger partial charge in [0.1, 0.15) is 18.2 Å². The first kappa shape index (κ1) is 18.1. The zero-order chi connectivity index (χ0) is 20.8. The van der Waals surface area contributed by atoms with Crippen molar-refractivity contribution in [2.75, 3.05) is 0 Å². The molecular weight excluding hydrogens is 368 g/mol. The summed E-state index contributed by atoms with van der Waals surface area (Å²) in [5.74, 6) is 0. The van der Waals surface area contributed by atoms with Gasteiger partial charge in [-0.05, 0) is 60.9 Å². The minimum atomic E-state index is 0.632. The predicted octanol–water partition coefficient (Wildman–Crippen LogP) is 6.23. The van der Waals surface area contributed by atoms with Gasteiger partial charge in [0.25, 0.3) is 0 Å². The van der Waals surface area contributed by atoms with Crippen molar-refractivity contribution in [2.24, 2.45) is 7.05 Å². The molecule has 5 rings (SSSR count). The Labute approximate surface area is 175 Å². The number of nitrogens with zero attached hydrogens (tertiary/aromatic N) is 2. The molecule has 0 aliphatic rings. The monoisotopic (exact) mass is 389 g/mol. The van der Waals surface area contributed by atoms with Gasteiger partial charge in [-0.2, -0.15) is 5.26 Å².